The molecule has 163 valence electrons. The van der Waals surface area contributed by atoms with Crippen LogP contribution in [0.1, 0.15) is 5.56 Å². The van der Waals surface area contributed by atoms with Crippen LogP contribution in [-0.4, -0.2) is 56.1 Å². The number of aliphatic carboxylic acids is 1. The zero-order valence-corrected chi connectivity index (χ0v) is 16.4. The molecule has 0 saturated heterocycles. The number of hydrogen-bond donors (Lipinski definition) is 5. The number of carbonyl (C=O) groups excluding carboxylic acids is 1. The Morgan fingerprint density at radius 1 is 1.28 bits per heavy atom. The van der Waals surface area contributed by atoms with E-state index in [2.05, 4.69) is 14.8 Å². The molecule has 1 radical (unpaired) electrons. The van der Waals surface area contributed by atoms with Gasteiger partial charge in [0.2, 0.25) is 5.78 Å². The Balaban J connectivity index is 0.00000392. The standard InChI is InChI=1S/C16H17N2O8P.Cu.H2O/c19-12-3-1-10(2-4-12)5-14(16(21)22)18-7-13-11(6-17-8-15(13)20)9-26-27(23,24)25;;/h1-4,6-8,14,18-19H,5,9H2,(H,21,22)(H2,23,24,25);;1H2/p-1. The van der Waals surface area contributed by atoms with Crippen molar-refractivity contribution in [2.45, 2.75) is 12.5 Å². The molecule has 0 aliphatic carbocycles. The van der Waals surface area contributed by atoms with Gasteiger partial charge in [0, 0.05) is 47.0 Å². The van der Waals surface area contributed by atoms with Gasteiger partial charge in [-0.3, -0.25) is 14.3 Å². The Kier molecular flexibility index (Phi) is 10.7. The number of aromatic hydroxyl groups is 1. The van der Waals surface area contributed by atoms with Crippen LogP contribution in [0.15, 0.2) is 52.8 Å². The van der Waals surface area contributed by atoms with Crippen LogP contribution in [-0.2, 0) is 42.2 Å². The fraction of sp³-hybridized carbons (Fsp3) is 0.188. The number of ketones is 1. The normalized spacial score (nSPS) is 15.7. The second-order valence-electron chi connectivity index (χ2n) is 5.55. The molecule has 0 amide bonds. The third-order valence-corrected chi connectivity index (χ3v) is 3.99. The summed E-state index contributed by atoms with van der Waals surface area (Å²) in [5, 5.41) is 21.3. The molecule has 2 rings (SSSR count). The summed E-state index contributed by atoms with van der Waals surface area (Å²) in [5.41, 5.74) is 0.714. The van der Waals surface area contributed by atoms with Crippen molar-refractivity contribution in [3.8, 4) is 5.75 Å². The van der Waals surface area contributed by atoms with Crippen LogP contribution in [0.5, 0.6) is 5.75 Å². The summed E-state index contributed by atoms with van der Waals surface area (Å²) in [4.78, 5) is 44.7. The van der Waals surface area contributed by atoms with E-state index in [0.29, 0.717) is 5.56 Å². The van der Waals surface area contributed by atoms with E-state index in [1.807, 2.05) is 0 Å². The summed E-state index contributed by atoms with van der Waals surface area (Å²) in [7, 11) is -4.75. The molecule has 29 heavy (non-hydrogen) atoms. The number of carboxylic acid groups (broad SMARTS) is 1. The molecule has 1 aliphatic heterocycles. The molecule has 13 heteroatoms. The van der Waals surface area contributed by atoms with Crippen molar-refractivity contribution >= 4 is 25.8 Å². The largest absolute Gasteiger partial charge is 0.870 e. The van der Waals surface area contributed by atoms with Crippen LogP contribution < -0.4 is 5.32 Å². The molecule has 1 aliphatic rings. The van der Waals surface area contributed by atoms with Gasteiger partial charge in [-0.15, -0.1) is 0 Å². The van der Waals surface area contributed by atoms with Crippen LogP contribution in [0.2, 0.25) is 0 Å². The summed E-state index contributed by atoms with van der Waals surface area (Å²) in [6.45, 7) is -0.573. The molecule has 1 atom stereocenters. The van der Waals surface area contributed by atoms with Crippen LogP contribution >= 0.6 is 7.82 Å². The van der Waals surface area contributed by atoms with E-state index in [-0.39, 0.29) is 45.9 Å². The van der Waals surface area contributed by atoms with Gasteiger partial charge in [0.05, 0.1) is 12.8 Å². The third kappa shape index (κ3) is 8.71. The molecule has 11 nitrogen and oxygen atoms in total. The van der Waals surface area contributed by atoms with Gasteiger partial charge in [-0.05, 0) is 17.7 Å². The van der Waals surface area contributed by atoms with E-state index < -0.39 is 32.2 Å². The van der Waals surface area contributed by atoms with Crippen molar-refractivity contribution in [2.75, 3.05) is 6.61 Å². The summed E-state index contributed by atoms with van der Waals surface area (Å²) >= 11 is 0. The van der Waals surface area contributed by atoms with Gasteiger partial charge in [0.15, 0.2) is 0 Å². The van der Waals surface area contributed by atoms with Gasteiger partial charge in [-0.2, -0.15) is 0 Å². The average molecular weight is 477 g/mol. The SMILES string of the molecule is O=C1C=NC=C(COP(=O)(O)O)C1=CNC(Cc1ccc(O)cc1)C(=O)O.[Cu].[OH-]. The molecule has 0 spiro atoms. The first kappa shape index (κ1) is 26.7. The summed E-state index contributed by atoms with van der Waals surface area (Å²) in [5.74, 6) is -1.69. The Labute approximate surface area is 175 Å². The number of phenolic OH excluding ortho intramolecular Hbond substituents is 1. The minimum atomic E-state index is -4.75. The first-order valence-corrected chi connectivity index (χ1v) is 9.12. The third-order valence-electron chi connectivity index (χ3n) is 3.52. The molecule has 0 bridgehead atoms. The van der Waals surface area contributed by atoms with E-state index in [1.54, 1.807) is 12.1 Å². The molecule has 1 aromatic rings. The van der Waals surface area contributed by atoms with E-state index in [0.717, 1.165) is 12.4 Å². The first-order chi connectivity index (χ1) is 12.7. The predicted octanol–water partition coefficient (Wildman–Crippen LogP) is 0.329. The fourth-order valence-corrected chi connectivity index (χ4v) is 2.50. The van der Waals surface area contributed by atoms with Crippen molar-refractivity contribution in [2.24, 2.45) is 4.99 Å². The van der Waals surface area contributed by atoms with Crippen LogP contribution in [0, 0.1) is 0 Å². The second-order valence-corrected chi connectivity index (χ2v) is 6.79. The number of phosphoric acid groups is 1. The summed E-state index contributed by atoms with van der Waals surface area (Å²) < 4.78 is 15.2. The summed E-state index contributed by atoms with van der Waals surface area (Å²) in [6, 6.07) is 4.90. The predicted molar refractivity (Wildman–Crippen MR) is 96.0 cm³/mol. The number of benzene rings is 1. The van der Waals surface area contributed by atoms with Crippen molar-refractivity contribution in [3.63, 3.8) is 0 Å². The van der Waals surface area contributed by atoms with Gasteiger partial charge in [0.25, 0.3) is 0 Å². The molecule has 1 aromatic carbocycles. The number of rotatable bonds is 8. The molecule has 0 saturated carbocycles. The Hall–Kier alpha value is -2.30. The van der Waals surface area contributed by atoms with E-state index in [1.165, 1.54) is 18.3 Å². The van der Waals surface area contributed by atoms with Crippen molar-refractivity contribution in [1.29, 1.82) is 0 Å². The molecule has 1 heterocycles. The number of nitrogens with zero attached hydrogens (tertiary/aromatic N) is 1. The average Bonchev–Trinajstić information content (AvgIpc) is 2.58. The maximum absolute atomic E-state index is 12.0. The topological polar surface area (TPSA) is 196 Å². The van der Waals surface area contributed by atoms with Crippen molar-refractivity contribution < 1.29 is 61.2 Å². The monoisotopic (exact) mass is 476 g/mol. The van der Waals surface area contributed by atoms with Crippen LogP contribution in [0.25, 0.3) is 0 Å². The number of carboxylic acids is 1. The number of nitrogens with one attached hydrogen (secondary N) is 1. The minimum absolute atomic E-state index is 0. The van der Waals surface area contributed by atoms with Gasteiger partial charge in [-0.1, -0.05) is 12.1 Å². The maximum Gasteiger partial charge on any atom is 0.469 e. The van der Waals surface area contributed by atoms with Crippen LogP contribution in [0.3, 0.4) is 0 Å². The zero-order valence-electron chi connectivity index (χ0n) is 14.6. The Morgan fingerprint density at radius 3 is 2.45 bits per heavy atom. The quantitative estimate of drug-likeness (QED) is 0.198. The number of Topliss-reactive ketones (excluding diaryl/α,β-unsaturated/α-hetero) is 1. The minimum Gasteiger partial charge on any atom is -0.870 e. The maximum atomic E-state index is 12.0. The van der Waals surface area contributed by atoms with Crippen molar-refractivity contribution in [1.82, 2.24) is 5.32 Å². The van der Waals surface area contributed by atoms with Gasteiger partial charge in [-0.25, -0.2) is 9.36 Å². The summed E-state index contributed by atoms with van der Waals surface area (Å²) in [6.07, 6.45) is 3.41. The smallest absolute Gasteiger partial charge is 0.469 e. The fourth-order valence-electron chi connectivity index (χ4n) is 2.19. The second kappa shape index (κ2) is 11.6. The van der Waals surface area contributed by atoms with E-state index in [9.17, 15) is 24.4 Å². The Bertz CT molecular complexity index is 862. The first-order valence-electron chi connectivity index (χ1n) is 7.59. The van der Waals surface area contributed by atoms with E-state index in [4.69, 9.17) is 9.79 Å². The van der Waals surface area contributed by atoms with Gasteiger partial charge >= 0.3 is 13.8 Å². The molecule has 1 unspecified atom stereocenters. The van der Waals surface area contributed by atoms with E-state index >= 15 is 0 Å². The molecule has 0 fully saturated rings. The Morgan fingerprint density at radius 2 is 1.90 bits per heavy atom. The molecular formula is C16H18CuN2O9P-. The zero-order chi connectivity index (χ0) is 20.0. The molecule has 6 N–H and O–H groups in total. The number of aliphatic imine (C=N–C) groups is 1. The number of phosphoric ester groups is 1. The molecular weight excluding hydrogens is 459 g/mol. The number of carbonyl (C=O) groups is 2. The van der Waals surface area contributed by atoms with Crippen LogP contribution in [0.4, 0.5) is 0 Å². The number of phenols is 1. The van der Waals surface area contributed by atoms with Gasteiger partial charge < -0.3 is 30.8 Å². The number of hydrogen-bond acceptors (Lipinski definition) is 8. The van der Waals surface area contributed by atoms with Crippen molar-refractivity contribution in [3.05, 3.63) is 53.4 Å². The molecule has 0 aromatic heterocycles. The van der Waals surface area contributed by atoms with Gasteiger partial charge in [0.1, 0.15) is 11.8 Å².